The SMILES string of the molecule is CN=C(NCCc1nc(C(C)C)no1)NCC(c1ccco1)N1CCCC1.I. The van der Waals surface area contributed by atoms with Gasteiger partial charge in [-0.25, -0.2) is 0 Å². The molecule has 8 nitrogen and oxygen atoms in total. The van der Waals surface area contributed by atoms with E-state index >= 15 is 0 Å². The van der Waals surface area contributed by atoms with Crippen LogP contribution in [0, 0.1) is 0 Å². The number of hydrogen-bond donors (Lipinski definition) is 2. The maximum absolute atomic E-state index is 5.66. The lowest BCUT2D eigenvalue weighted by Gasteiger charge is -2.26. The van der Waals surface area contributed by atoms with Crippen LogP contribution in [0.2, 0.25) is 0 Å². The molecule has 0 radical (unpaired) electrons. The summed E-state index contributed by atoms with van der Waals surface area (Å²) in [6.07, 6.45) is 4.88. The van der Waals surface area contributed by atoms with Crippen molar-refractivity contribution < 1.29 is 8.94 Å². The van der Waals surface area contributed by atoms with Crippen LogP contribution in [0.15, 0.2) is 32.3 Å². The molecule has 1 fully saturated rings. The van der Waals surface area contributed by atoms with Gasteiger partial charge in [-0.2, -0.15) is 4.98 Å². The highest BCUT2D eigenvalue weighted by atomic mass is 127. The summed E-state index contributed by atoms with van der Waals surface area (Å²) in [7, 11) is 1.77. The van der Waals surface area contributed by atoms with Crippen LogP contribution >= 0.6 is 24.0 Å². The van der Waals surface area contributed by atoms with Crippen LogP contribution in [0.1, 0.15) is 56.1 Å². The largest absolute Gasteiger partial charge is 0.468 e. The molecule has 0 bridgehead atoms. The minimum absolute atomic E-state index is 0. The van der Waals surface area contributed by atoms with E-state index in [1.807, 2.05) is 12.1 Å². The Morgan fingerprint density at radius 2 is 2.07 bits per heavy atom. The molecule has 1 unspecified atom stereocenters. The first kappa shape index (κ1) is 22.7. The smallest absolute Gasteiger partial charge is 0.228 e. The number of halogens is 1. The topological polar surface area (TPSA) is 91.7 Å². The summed E-state index contributed by atoms with van der Waals surface area (Å²) in [4.78, 5) is 11.2. The summed E-state index contributed by atoms with van der Waals surface area (Å²) in [5.74, 6) is 3.42. The van der Waals surface area contributed by atoms with Crippen LogP contribution in [-0.2, 0) is 6.42 Å². The quantitative estimate of drug-likeness (QED) is 0.326. The molecule has 1 aliphatic heterocycles. The molecule has 2 N–H and O–H groups in total. The van der Waals surface area contributed by atoms with E-state index in [1.54, 1.807) is 13.3 Å². The third kappa shape index (κ3) is 6.20. The van der Waals surface area contributed by atoms with E-state index in [4.69, 9.17) is 8.94 Å². The van der Waals surface area contributed by atoms with Crippen molar-refractivity contribution in [3.05, 3.63) is 35.9 Å². The summed E-state index contributed by atoms with van der Waals surface area (Å²) in [5.41, 5.74) is 0. The van der Waals surface area contributed by atoms with Gasteiger partial charge in [0.1, 0.15) is 5.76 Å². The van der Waals surface area contributed by atoms with E-state index in [1.165, 1.54) is 12.8 Å². The van der Waals surface area contributed by atoms with Crippen LogP contribution in [0.3, 0.4) is 0 Å². The Morgan fingerprint density at radius 3 is 2.68 bits per heavy atom. The molecule has 2 aromatic rings. The maximum atomic E-state index is 5.66. The van der Waals surface area contributed by atoms with Crippen LogP contribution < -0.4 is 10.6 Å². The average molecular weight is 502 g/mol. The molecule has 1 saturated heterocycles. The fourth-order valence-electron chi connectivity index (χ4n) is 3.25. The number of likely N-dealkylation sites (tertiary alicyclic amines) is 1. The molecule has 0 saturated carbocycles. The Morgan fingerprint density at radius 1 is 1.29 bits per heavy atom. The lowest BCUT2D eigenvalue weighted by Crippen LogP contribution is -2.43. The van der Waals surface area contributed by atoms with Crippen LogP contribution in [0.5, 0.6) is 0 Å². The number of furan rings is 1. The Balaban J connectivity index is 0.00000280. The summed E-state index contributed by atoms with van der Waals surface area (Å²) < 4.78 is 10.9. The van der Waals surface area contributed by atoms with E-state index < -0.39 is 0 Å². The van der Waals surface area contributed by atoms with Gasteiger partial charge in [0.15, 0.2) is 11.8 Å². The number of nitrogens with zero attached hydrogens (tertiary/aromatic N) is 4. The normalized spacial score (nSPS) is 16.2. The van der Waals surface area contributed by atoms with Gasteiger partial charge in [0.2, 0.25) is 5.89 Å². The van der Waals surface area contributed by atoms with E-state index in [0.29, 0.717) is 18.9 Å². The lowest BCUT2D eigenvalue weighted by atomic mass is 10.2. The molecule has 1 aliphatic rings. The highest BCUT2D eigenvalue weighted by molar-refractivity contribution is 14.0. The van der Waals surface area contributed by atoms with Crippen molar-refractivity contribution in [2.24, 2.45) is 4.99 Å². The number of guanidine groups is 1. The Bertz CT molecular complexity index is 710. The fraction of sp³-hybridized carbons (Fsp3) is 0.632. The molecule has 1 atom stereocenters. The molecule has 28 heavy (non-hydrogen) atoms. The van der Waals surface area contributed by atoms with Gasteiger partial charge < -0.3 is 19.6 Å². The lowest BCUT2D eigenvalue weighted by molar-refractivity contribution is 0.215. The number of rotatable bonds is 8. The van der Waals surface area contributed by atoms with Gasteiger partial charge >= 0.3 is 0 Å². The molecule has 3 rings (SSSR count). The van der Waals surface area contributed by atoms with Crippen molar-refractivity contribution in [1.29, 1.82) is 0 Å². The van der Waals surface area contributed by atoms with E-state index in [-0.39, 0.29) is 35.9 Å². The summed E-state index contributed by atoms with van der Waals surface area (Å²) >= 11 is 0. The summed E-state index contributed by atoms with van der Waals surface area (Å²) in [6, 6.07) is 4.20. The standard InChI is InChI=1S/C19H30N6O2.HI/c1-14(2)18-23-17(27-24-18)8-9-21-19(20-3)22-13-15(16-7-6-12-26-16)25-10-4-5-11-25;/h6-7,12,14-15H,4-5,8-11,13H2,1-3H3,(H2,20,21,22);1H. The minimum Gasteiger partial charge on any atom is -0.468 e. The number of nitrogens with one attached hydrogen (secondary N) is 2. The van der Waals surface area contributed by atoms with Crippen molar-refractivity contribution in [2.75, 3.05) is 33.2 Å². The zero-order valence-electron chi connectivity index (χ0n) is 16.9. The Labute approximate surface area is 183 Å². The molecular weight excluding hydrogens is 471 g/mol. The summed E-state index contributed by atoms with van der Waals surface area (Å²) in [6.45, 7) is 7.73. The van der Waals surface area contributed by atoms with E-state index in [9.17, 15) is 0 Å². The van der Waals surface area contributed by atoms with Crippen molar-refractivity contribution in [3.63, 3.8) is 0 Å². The molecule has 0 spiro atoms. The van der Waals surface area contributed by atoms with Crippen molar-refractivity contribution in [3.8, 4) is 0 Å². The van der Waals surface area contributed by atoms with Gasteiger partial charge in [-0.3, -0.25) is 9.89 Å². The fourth-order valence-corrected chi connectivity index (χ4v) is 3.25. The minimum atomic E-state index is 0. The number of aromatic nitrogens is 2. The maximum Gasteiger partial charge on any atom is 0.228 e. The van der Waals surface area contributed by atoms with Gasteiger partial charge in [0.25, 0.3) is 0 Å². The molecule has 3 heterocycles. The van der Waals surface area contributed by atoms with E-state index in [0.717, 1.165) is 37.2 Å². The van der Waals surface area contributed by atoms with Gasteiger partial charge in [-0.15, -0.1) is 24.0 Å². The third-order valence-corrected chi connectivity index (χ3v) is 4.77. The zero-order valence-corrected chi connectivity index (χ0v) is 19.2. The first-order valence-electron chi connectivity index (χ1n) is 9.72. The second-order valence-corrected chi connectivity index (χ2v) is 7.11. The molecule has 9 heteroatoms. The number of aliphatic imine (C=N–C) groups is 1. The van der Waals surface area contributed by atoms with Crippen molar-refractivity contribution >= 4 is 29.9 Å². The van der Waals surface area contributed by atoms with Gasteiger partial charge in [-0.05, 0) is 38.1 Å². The second-order valence-electron chi connectivity index (χ2n) is 7.11. The molecule has 0 amide bonds. The zero-order chi connectivity index (χ0) is 19.1. The predicted octanol–water partition coefficient (Wildman–Crippen LogP) is 2.95. The molecule has 0 aromatic carbocycles. The van der Waals surface area contributed by atoms with Gasteiger partial charge in [0.05, 0.1) is 12.3 Å². The van der Waals surface area contributed by atoms with Crippen LogP contribution in [0.25, 0.3) is 0 Å². The van der Waals surface area contributed by atoms with Gasteiger partial charge in [0, 0.05) is 32.5 Å². The van der Waals surface area contributed by atoms with Crippen molar-refractivity contribution in [1.82, 2.24) is 25.7 Å². The molecular formula is C19H31IN6O2. The predicted molar refractivity (Wildman–Crippen MR) is 119 cm³/mol. The Hall–Kier alpha value is -1.62. The summed E-state index contributed by atoms with van der Waals surface area (Å²) in [5, 5.41) is 10.7. The van der Waals surface area contributed by atoms with Crippen LogP contribution in [-0.4, -0.2) is 54.2 Å². The molecule has 2 aromatic heterocycles. The van der Waals surface area contributed by atoms with Gasteiger partial charge in [-0.1, -0.05) is 19.0 Å². The first-order chi connectivity index (χ1) is 13.2. The highest BCUT2D eigenvalue weighted by Gasteiger charge is 2.25. The van der Waals surface area contributed by atoms with Crippen molar-refractivity contribution in [2.45, 2.75) is 45.1 Å². The third-order valence-electron chi connectivity index (χ3n) is 4.77. The average Bonchev–Trinajstić information content (AvgIpc) is 3.42. The monoisotopic (exact) mass is 502 g/mol. The van der Waals surface area contributed by atoms with E-state index in [2.05, 4.69) is 44.5 Å². The second kappa shape index (κ2) is 11.4. The Kier molecular flexibility index (Phi) is 9.23. The highest BCUT2D eigenvalue weighted by Crippen LogP contribution is 2.24. The first-order valence-corrected chi connectivity index (χ1v) is 9.72. The van der Waals surface area contributed by atoms with Crippen LogP contribution in [0.4, 0.5) is 0 Å². The molecule has 0 aliphatic carbocycles. The number of hydrogen-bond acceptors (Lipinski definition) is 6. The molecule has 156 valence electrons.